The third kappa shape index (κ3) is 4.49. The minimum atomic E-state index is 0. The van der Waals surface area contributed by atoms with E-state index < -0.39 is 0 Å². The van der Waals surface area contributed by atoms with Crippen LogP contribution >= 0.6 is 12.4 Å². The van der Waals surface area contributed by atoms with Gasteiger partial charge in [0, 0.05) is 62.8 Å². The summed E-state index contributed by atoms with van der Waals surface area (Å²) in [4.78, 5) is 9.61. The number of anilines is 1. The number of piperazine rings is 1. The van der Waals surface area contributed by atoms with Crippen molar-refractivity contribution in [3.63, 3.8) is 0 Å². The molecule has 0 atom stereocenters. The molecular weight excluding hydrogens is 358 g/mol. The molecule has 0 radical (unpaired) electrons. The number of hydrogen-bond acceptors (Lipinski definition) is 4. The monoisotopic (exact) mass is 383 g/mol. The summed E-state index contributed by atoms with van der Waals surface area (Å²) in [7, 11) is 0. The van der Waals surface area contributed by atoms with Crippen LogP contribution < -0.4 is 4.90 Å². The Kier molecular flexibility index (Phi) is 6.48. The number of nitrogens with zero attached hydrogens (tertiary/aromatic N) is 5. The molecule has 1 fully saturated rings. The van der Waals surface area contributed by atoms with Crippen molar-refractivity contribution in [2.75, 3.05) is 31.1 Å². The Morgan fingerprint density at radius 2 is 1.74 bits per heavy atom. The predicted molar refractivity (Wildman–Crippen MR) is 112 cm³/mol. The van der Waals surface area contributed by atoms with Crippen molar-refractivity contribution in [2.45, 2.75) is 20.0 Å². The number of aryl methyl sites for hydroxylation is 1. The minimum Gasteiger partial charge on any atom is -0.354 e. The summed E-state index contributed by atoms with van der Waals surface area (Å²) in [5, 5.41) is 4.38. The topological polar surface area (TPSA) is 37.2 Å². The van der Waals surface area contributed by atoms with Crippen LogP contribution in [0.3, 0.4) is 0 Å². The number of rotatable bonds is 5. The van der Waals surface area contributed by atoms with E-state index in [1.165, 1.54) is 16.7 Å². The van der Waals surface area contributed by atoms with Gasteiger partial charge in [-0.25, -0.2) is 4.98 Å². The van der Waals surface area contributed by atoms with Gasteiger partial charge in [-0.15, -0.1) is 12.4 Å². The highest BCUT2D eigenvalue weighted by Crippen LogP contribution is 2.29. The van der Waals surface area contributed by atoms with Crippen molar-refractivity contribution in [2.24, 2.45) is 0 Å². The molecule has 1 saturated heterocycles. The first-order chi connectivity index (χ1) is 12.8. The lowest BCUT2D eigenvalue weighted by atomic mass is 10.1. The van der Waals surface area contributed by atoms with Crippen molar-refractivity contribution >= 4 is 18.2 Å². The summed E-state index contributed by atoms with van der Waals surface area (Å²) in [6, 6.07) is 14.7. The first-order valence-corrected chi connectivity index (χ1v) is 9.32. The largest absolute Gasteiger partial charge is 0.354 e. The van der Waals surface area contributed by atoms with Gasteiger partial charge in [0.05, 0.1) is 6.20 Å². The van der Waals surface area contributed by atoms with Crippen LogP contribution in [-0.4, -0.2) is 45.8 Å². The number of hydrogen-bond donors (Lipinski definition) is 0. The molecule has 0 unspecified atom stereocenters. The molecule has 0 aliphatic carbocycles. The number of aromatic nitrogens is 3. The fraction of sp³-hybridized carbons (Fsp3) is 0.333. The van der Waals surface area contributed by atoms with Gasteiger partial charge < -0.3 is 4.90 Å². The van der Waals surface area contributed by atoms with Gasteiger partial charge in [-0.05, 0) is 24.6 Å². The van der Waals surface area contributed by atoms with Crippen LogP contribution in [-0.2, 0) is 13.1 Å². The lowest BCUT2D eigenvalue weighted by Crippen LogP contribution is -2.46. The summed E-state index contributed by atoms with van der Waals surface area (Å²) >= 11 is 0. The minimum absolute atomic E-state index is 0. The quantitative estimate of drug-likeness (QED) is 0.673. The molecule has 0 N–H and O–H groups in total. The average Bonchev–Trinajstić information content (AvgIpc) is 3.17. The second-order valence-electron chi connectivity index (χ2n) is 6.71. The molecule has 142 valence electrons. The zero-order valence-corrected chi connectivity index (χ0v) is 16.5. The summed E-state index contributed by atoms with van der Waals surface area (Å²) < 4.78 is 1.99. The Bertz CT molecular complexity index is 841. The maximum Gasteiger partial charge on any atom is 0.136 e. The molecule has 0 saturated carbocycles. The molecule has 5 nitrogen and oxygen atoms in total. The van der Waals surface area contributed by atoms with Crippen LogP contribution in [0.15, 0.2) is 61.1 Å². The van der Waals surface area contributed by atoms with Crippen LogP contribution in [0.1, 0.15) is 12.5 Å². The first-order valence-electron chi connectivity index (χ1n) is 9.32. The van der Waals surface area contributed by atoms with Crippen LogP contribution in [0.2, 0.25) is 0 Å². The van der Waals surface area contributed by atoms with Gasteiger partial charge in [0.1, 0.15) is 5.82 Å². The van der Waals surface area contributed by atoms with Gasteiger partial charge in [-0.1, -0.05) is 30.3 Å². The highest BCUT2D eigenvalue weighted by atomic mass is 35.5. The molecule has 4 rings (SSSR count). The fourth-order valence-electron chi connectivity index (χ4n) is 3.53. The van der Waals surface area contributed by atoms with Crippen molar-refractivity contribution in [3.05, 3.63) is 66.6 Å². The van der Waals surface area contributed by atoms with E-state index in [-0.39, 0.29) is 12.4 Å². The summed E-state index contributed by atoms with van der Waals surface area (Å²) in [6.07, 6.45) is 6.04. The second-order valence-corrected chi connectivity index (χ2v) is 6.71. The second kappa shape index (κ2) is 9.02. The lowest BCUT2D eigenvalue weighted by Gasteiger charge is -2.36. The molecule has 1 aromatic carbocycles. The number of benzene rings is 1. The zero-order chi connectivity index (χ0) is 17.8. The normalized spacial score (nSPS) is 14.8. The Labute approximate surface area is 167 Å². The molecule has 1 aliphatic heterocycles. The Balaban J connectivity index is 0.00000210. The molecule has 0 bridgehead atoms. The summed E-state index contributed by atoms with van der Waals surface area (Å²) in [5.41, 5.74) is 3.74. The molecule has 0 amide bonds. The van der Waals surface area contributed by atoms with E-state index in [2.05, 4.69) is 64.4 Å². The van der Waals surface area contributed by atoms with E-state index in [1.807, 2.05) is 23.1 Å². The molecule has 27 heavy (non-hydrogen) atoms. The Morgan fingerprint density at radius 3 is 2.44 bits per heavy atom. The van der Waals surface area contributed by atoms with E-state index in [9.17, 15) is 0 Å². The Hall–Kier alpha value is -2.37. The third-order valence-corrected chi connectivity index (χ3v) is 4.96. The summed E-state index contributed by atoms with van der Waals surface area (Å²) in [5.74, 6) is 1.09. The van der Waals surface area contributed by atoms with Crippen LogP contribution in [0.25, 0.3) is 11.1 Å². The SMILES string of the molecule is CCn1cc(CN2CCN(c3ncccc3-c3ccccc3)CC2)cn1.Cl. The smallest absolute Gasteiger partial charge is 0.136 e. The van der Waals surface area contributed by atoms with Crippen molar-refractivity contribution in [1.29, 1.82) is 0 Å². The molecule has 3 heterocycles. The maximum atomic E-state index is 4.70. The van der Waals surface area contributed by atoms with E-state index in [4.69, 9.17) is 4.98 Å². The van der Waals surface area contributed by atoms with Crippen LogP contribution in [0.4, 0.5) is 5.82 Å². The fourth-order valence-corrected chi connectivity index (χ4v) is 3.53. The van der Waals surface area contributed by atoms with Crippen LogP contribution in [0.5, 0.6) is 0 Å². The number of halogens is 1. The van der Waals surface area contributed by atoms with Crippen molar-refractivity contribution in [3.8, 4) is 11.1 Å². The molecule has 1 aliphatic rings. The van der Waals surface area contributed by atoms with E-state index in [0.29, 0.717) is 0 Å². The molecule has 3 aromatic rings. The van der Waals surface area contributed by atoms with Gasteiger partial charge >= 0.3 is 0 Å². The Morgan fingerprint density at radius 1 is 0.963 bits per heavy atom. The predicted octanol–water partition coefficient (Wildman–Crippen LogP) is 3.71. The molecular formula is C21H26ClN5. The first kappa shape index (κ1) is 19.4. The zero-order valence-electron chi connectivity index (χ0n) is 15.7. The van der Waals surface area contributed by atoms with Gasteiger partial charge in [0.2, 0.25) is 0 Å². The van der Waals surface area contributed by atoms with Crippen molar-refractivity contribution in [1.82, 2.24) is 19.7 Å². The number of pyridine rings is 1. The van der Waals surface area contributed by atoms with Gasteiger partial charge in [0.15, 0.2) is 0 Å². The standard InChI is InChI=1S/C21H25N5.ClH/c1-2-26-17-18(15-23-26)16-24-11-13-25(14-12-24)21-20(9-6-10-22-21)19-7-4-3-5-8-19;/h3-10,15,17H,2,11-14,16H2,1H3;1H. The van der Waals surface area contributed by atoms with E-state index in [1.54, 1.807) is 0 Å². The van der Waals surface area contributed by atoms with Gasteiger partial charge in [-0.3, -0.25) is 9.58 Å². The van der Waals surface area contributed by atoms with Gasteiger partial charge in [-0.2, -0.15) is 5.10 Å². The summed E-state index contributed by atoms with van der Waals surface area (Å²) in [6.45, 7) is 8.10. The van der Waals surface area contributed by atoms with Gasteiger partial charge in [0.25, 0.3) is 0 Å². The molecule has 6 heteroatoms. The van der Waals surface area contributed by atoms with E-state index >= 15 is 0 Å². The molecule has 0 spiro atoms. The average molecular weight is 384 g/mol. The highest BCUT2D eigenvalue weighted by Gasteiger charge is 2.20. The molecule has 2 aromatic heterocycles. The lowest BCUT2D eigenvalue weighted by molar-refractivity contribution is 0.249. The van der Waals surface area contributed by atoms with Crippen LogP contribution in [0, 0.1) is 0 Å². The van der Waals surface area contributed by atoms with Crippen molar-refractivity contribution < 1.29 is 0 Å². The third-order valence-electron chi connectivity index (χ3n) is 4.96. The van der Waals surface area contributed by atoms with E-state index in [0.717, 1.165) is 45.1 Å². The maximum absolute atomic E-state index is 4.70. The highest BCUT2D eigenvalue weighted by molar-refractivity contribution is 5.85.